The van der Waals surface area contributed by atoms with Gasteiger partial charge in [-0.1, -0.05) is 43.7 Å². The number of guanidine groups is 1. The zero-order chi connectivity index (χ0) is 21.1. The van der Waals surface area contributed by atoms with Gasteiger partial charge in [0.05, 0.1) is 6.20 Å². The van der Waals surface area contributed by atoms with Crippen LogP contribution in [0.2, 0.25) is 0 Å². The molecule has 0 aliphatic carbocycles. The molecule has 0 fully saturated rings. The van der Waals surface area contributed by atoms with Crippen LogP contribution < -0.4 is 10.6 Å². The van der Waals surface area contributed by atoms with Crippen LogP contribution in [0.1, 0.15) is 52.0 Å². The Bertz CT molecular complexity index is 740. The van der Waals surface area contributed by atoms with Gasteiger partial charge in [-0.05, 0) is 53.2 Å². The Balaban J connectivity index is 0.00000450. The number of aryl methyl sites for hydroxylation is 1. The molecule has 30 heavy (non-hydrogen) atoms. The Morgan fingerprint density at radius 2 is 1.87 bits per heavy atom. The monoisotopic (exact) mass is 527 g/mol. The van der Waals surface area contributed by atoms with Crippen molar-refractivity contribution in [3.8, 4) is 11.3 Å². The second-order valence-corrected chi connectivity index (χ2v) is 7.39. The summed E-state index contributed by atoms with van der Waals surface area (Å²) >= 11 is 0. The van der Waals surface area contributed by atoms with Crippen molar-refractivity contribution in [2.45, 2.75) is 60.0 Å². The van der Waals surface area contributed by atoms with E-state index in [0.29, 0.717) is 18.5 Å². The minimum Gasteiger partial charge on any atom is -0.439 e. The molecule has 0 aliphatic rings. The average Bonchev–Trinajstić information content (AvgIpc) is 3.19. The highest BCUT2D eigenvalue weighted by atomic mass is 127. The van der Waals surface area contributed by atoms with Crippen LogP contribution >= 0.6 is 24.0 Å². The van der Waals surface area contributed by atoms with E-state index in [9.17, 15) is 0 Å². The fourth-order valence-corrected chi connectivity index (χ4v) is 3.17. The number of hydrogen-bond donors (Lipinski definition) is 2. The number of benzene rings is 1. The van der Waals surface area contributed by atoms with Crippen LogP contribution in [-0.4, -0.2) is 48.1 Å². The first kappa shape index (κ1) is 26.4. The summed E-state index contributed by atoms with van der Waals surface area (Å²) in [6.07, 6.45) is 4.05. The van der Waals surface area contributed by atoms with E-state index < -0.39 is 0 Å². The highest BCUT2D eigenvalue weighted by molar-refractivity contribution is 14.0. The zero-order valence-corrected chi connectivity index (χ0v) is 21.4. The summed E-state index contributed by atoms with van der Waals surface area (Å²) in [5.74, 6) is 2.20. The molecule has 0 saturated carbocycles. The molecule has 1 atom stereocenters. The van der Waals surface area contributed by atoms with Crippen molar-refractivity contribution in [1.82, 2.24) is 20.5 Å². The SMILES string of the molecule is CCNC(=NCc1ncc(-c2ccc(C)cc2)o1)NC(C)CCCN(CC)CC.I. The number of halogens is 1. The number of hydrogen-bond acceptors (Lipinski definition) is 4. The lowest BCUT2D eigenvalue weighted by atomic mass is 10.1. The molecule has 1 heterocycles. The maximum atomic E-state index is 5.88. The number of aliphatic imine (C=N–C) groups is 1. The first-order chi connectivity index (χ1) is 14.0. The van der Waals surface area contributed by atoms with Crippen molar-refractivity contribution in [1.29, 1.82) is 0 Å². The summed E-state index contributed by atoms with van der Waals surface area (Å²) in [6, 6.07) is 8.61. The summed E-state index contributed by atoms with van der Waals surface area (Å²) in [5, 5.41) is 6.80. The molecule has 2 aromatic rings. The van der Waals surface area contributed by atoms with Crippen molar-refractivity contribution in [2.24, 2.45) is 4.99 Å². The van der Waals surface area contributed by atoms with Gasteiger partial charge in [-0.2, -0.15) is 0 Å². The van der Waals surface area contributed by atoms with Crippen molar-refractivity contribution >= 4 is 29.9 Å². The molecule has 6 nitrogen and oxygen atoms in total. The standard InChI is InChI=1S/C23H37N5O.HI/c1-6-24-23(27-19(5)10-9-15-28(7-2)8-3)26-17-22-25-16-21(29-22)20-13-11-18(4)12-14-20;/h11-14,16,19H,6-10,15,17H2,1-5H3,(H2,24,26,27);1H. The molecule has 0 bridgehead atoms. The lowest BCUT2D eigenvalue weighted by molar-refractivity contribution is 0.292. The van der Waals surface area contributed by atoms with Crippen molar-refractivity contribution < 1.29 is 4.42 Å². The Labute approximate surface area is 199 Å². The Morgan fingerprint density at radius 3 is 2.50 bits per heavy atom. The van der Waals surface area contributed by atoms with Gasteiger partial charge in [-0.3, -0.25) is 0 Å². The summed E-state index contributed by atoms with van der Waals surface area (Å²) in [4.78, 5) is 11.5. The van der Waals surface area contributed by atoms with E-state index in [4.69, 9.17) is 4.42 Å². The molecule has 1 aromatic carbocycles. The summed E-state index contributed by atoms with van der Waals surface area (Å²) in [7, 11) is 0. The molecule has 1 aromatic heterocycles. The Kier molecular flexibility index (Phi) is 12.7. The Hall–Kier alpha value is -1.61. The lowest BCUT2D eigenvalue weighted by Gasteiger charge is -2.21. The third-order valence-corrected chi connectivity index (χ3v) is 5.00. The van der Waals surface area contributed by atoms with Gasteiger partial charge in [0.2, 0.25) is 5.89 Å². The first-order valence-corrected chi connectivity index (χ1v) is 10.8. The maximum Gasteiger partial charge on any atom is 0.216 e. The molecule has 0 radical (unpaired) electrons. The van der Waals surface area contributed by atoms with E-state index >= 15 is 0 Å². The van der Waals surface area contributed by atoms with Gasteiger partial charge >= 0.3 is 0 Å². The molecule has 0 saturated heterocycles. The van der Waals surface area contributed by atoms with Crippen LogP contribution in [0.15, 0.2) is 39.9 Å². The van der Waals surface area contributed by atoms with Crippen molar-refractivity contribution in [2.75, 3.05) is 26.2 Å². The van der Waals surface area contributed by atoms with E-state index in [1.165, 1.54) is 12.0 Å². The lowest BCUT2D eigenvalue weighted by Crippen LogP contribution is -2.42. The van der Waals surface area contributed by atoms with Gasteiger partial charge in [0.15, 0.2) is 11.7 Å². The summed E-state index contributed by atoms with van der Waals surface area (Å²) < 4.78 is 5.88. The molecule has 168 valence electrons. The third-order valence-electron chi connectivity index (χ3n) is 5.00. The summed E-state index contributed by atoms with van der Waals surface area (Å²) in [5.41, 5.74) is 2.26. The van der Waals surface area contributed by atoms with Crippen LogP contribution in [0.3, 0.4) is 0 Å². The average molecular weight is 527 g/mol. The first-order valence-electron chi connectivity index (χ1n) is 10.8. The minimum atomic E-state index is 0. The van der Waals surface area contributed by atoms with E-state index in [-0.39, 0.29) is 24.0 Å². The number of rotatable bonds is 11. The minimum absolute atomic E-state index is 0. The van der Waals surface area contributed by atoms with Gasteiger partial charge in [0.25, 0.3) is 0 Å². The van der Waals surface area contributed by atoms with E-state index in [2.05, 4.69) is 84.4 Å². The molecular weight excluding hydrogens is 489 g/mol. The second-order valence-electron chi connectivity index (χ2n) is 7.39. The number of nitrogens with zero attached hydrogens (tertiary/aromatic N) is 3. The van der Waals surface area contributed by atoms with Crippen LogP contribution in [0.25, 0.3) is 11.3 Å². The van der Waals surface area contributed by atoms with Crippen LogP contribution in [0, 0.1) is 6.92 Å². The second kappa shape index (κ2) is 14.4. The summed E-state index contributed by atoms with van der Waals surface area (Å²) in [6.45, 7) is 15.4. The third kappa shape index (κ3) is 9.04. The molecule has 1 unspecified atom stereocenters. The molecule has 7 heteroatoms. The fraction of sp³-hybridized carbons (Fsp3) is 0.565. The largest absolute Gasteiger partial charge is 0.439 e. The number of aromatic nitrogens is 1. The number of nitrogens with one attached hydrogen (secondary N) is 2. The fourth-order valence-electron chi connectivity index (χ4n) is 3.17. The van der Waals surface area contributed by atoms with Gasteiger partial charge in [0.1, 0.15) is 6.54 Å². The van der Waals surface area contributed by atoms with Crippen LogP contribution in [0.5, 0.6) is 0 Å². The van der Waals surface area contributed by atoms with E-state index in [0.717, 1.165) is 49.9 Å². The van der Waals surface area contributed by atoms with Crippen LogP contribution in [0.4, 0.5) is 0 Å². The molecular formula is C23H38IN5O. The predicted octanol–water partition coefficient (Wildman–Crippen LogP) is 4.83. The van der Waals surface area contributed by atoms with Crippen molar-refractivity contribution in [3.63, 3.8) is 0 Å². The number of oxazole rings is 1. The maximum absolute atomic E-state index is 5.88. The van der Waals surface area contributed by atoms with Crippen LogP contribution in [-0.2, 0) is 6.54 Å². The highest BCUT2D eigenvalue weighted by Crippen LogP contribution is 2.21. The molecule has 2 rings (SSSR count). The van der Waals surface area contributed by atoms with Gasteiger partial charge < -0.3 is 20.0 Å². The topological polar surface area (TPSA) is 65.7 Å². The van der Waals surface area contributed by atoms with E-state index in [1.807, 2.05) is 0 Å². The molecule has 0 amide bonds. The quantitative estimate of drug-likeness (QED) is 0.249. The molecule has 0 aliphatic heterocycles. The van der Waals surface area contributed by atoms with Gasteiger partial charge in [0, 0.05) is 18.2 Å². The molecule has 2 N–H and O–H groups in total. The van der Waals surface area contributed by atoms with E-state index in [1.54, 1.807) is 6.20 Å². The van der Waals surface area contributed by atoms with Gasteiger partial charge in [-0.15, -0.1) is 24.0 Å². The highest BCUT2D eigenvalue weighted by Gasteiger charge is 2.09. The normalized spacial score (nSPS) is 12.5. The molecule has 0 spiro atoms. The zero-order valence-electron chi connectivity index (χ0n) is 19.1. The van der Waals surface area contributed by atoms with Crippen molar-refractivity contribution in [3.05, 3.63) is 41.9 Å². The smallest absolute Gasteiger partial charge is 0.216 e. The Morgan fingerprint density at radius 1 is 1.17 bits per heavy atom. The predicted molar refractivity (Wildman–Crippen MR) is 137 cm³/mol. The van der Waals surface area contributed by atoms with Gasteiger partial charge in [-0.25, -0.2) is 9.98 Å².